The number of rotatable bonds is 5. The van der Waals surface area contributed by atoms with Gasteiger partial charge in [-0.05, 0) is 74.6 Å². The van der Waals surface area contributed by atoms with Gasteiger partial charge in [-0.2, -0.15) is 0 Å². The van der Waals surface area contributed by atoms with Crippen molar-refractivity contribution in [3.63, 3.8) is 0 Å². The lowest BCUT2D eigenvalue weighted by Gasteiger charge is -2.37. The number of amides is 1. The molecule has 1 heterocycles. The molecule has 1 saturated heterocycles. The van der Waals surface area contributed by atoms with Gasteiger partial charge in [0.2, 0.25) is 0 Å². The van der Waals surface area contributed by atoms with Crippen LogP contribution in [-0.4, -0.2) is 37.0 Å². The largest absolute Gasteiger partial charge is 0.496 e. The zero-order valence-corrected chi connectivity index (χ0v) is 18.1. The van der Waals surface area contributed by atoms with Crippen LogP contribution < -0.4 is 10.1 Å². The third-order valence-electron chi connectivity index (χ3n) is 6.04. The van der Waals surface area contributed by atoms with Crippen LogP contribution in [0.2, 0.25) is 5.02 Å². The van der Waals surface area contributed by atoms with Gasteiger partial charge in [0, 0.05) is 30.7 Å². The van der Waals surface area contributed by atoms with Crippen molar-refractivity contribution in [3.8, 4) is 5.75 Å². The van der Waals surface area contributed by atoms with E-state index in [9.17, 15) is 9.18 Å². The van der Waals surface area contributed by atoms with Gasteiger partial charge in [0.1, 0.15) is 11.6 Å². The summed E-state index contributed by atoms with van der Waals surface area (Å²) < 4.78 is 18.7. The summed E-state index contributed by atoms with van der Waals surface area (Å²) in [7, 11) is 1.70. The van der Waals surface area contributed by atoms with E-state index in [0.717, 1.165) is 31.7 Å². The zero-order chi connectivity index (χ0) is 21.1. The summed E-state index contributed by atoms with van der Waals surface area (Å²) in [6.07, 6.45) is 1.75. The molecule has 0 aliphatic carbocycles. The van der Waals surface area contributed by atoms with Crippen LogP contribution >= 0.6 is 11.6 Å². The van der Waals surface area contributed by atoms with Crippen molar-refractivity contribution < 1.29 is 13.9 Å². The number of hydrogen-bond acceptors (Lipinski definition) is 3. The van der Waals surface area contributed by atoms with E-state index < -0.39 is 5.82 Å². The summed E-state index contributed by atoms with van der Waals surface area (Å²) in [4.78, 5) is 14.9. The summed E-state index contributed by atoms with van der Waals surface area (Å²) in [6.45, 7) is 8.27. The average molecular weight is 419 g/mol. The van der Waals surface area contributed by atoms with E-state index in [1.165, 1.54) is 34.9 Å². The molecule has 1 fully saturated rings. The summed E-state index contributed by atoms with van der Waals surface area (Å²) in [5.74, 6) is 0.190. The predicted molar refractivity (Wildman–Crippen MR) is 114 cm³/mol. The molecule has 4 nitrogen and oxygen atoms in total. The quantitative estimate of drug-likeness (QED) is 0.737. The second kappa shape index (κ2) is 9.14. The van der Waals surface area contributed by atoms with Crippen molar-refractivity contribution in [1.82, 2.24) is 10.2 Å². The number of nitrogens with zero attached hydrogens (tertiary/aromatic N) is 1. The van der Waals surface area contributed by atoms with Crippen LogP contribution in [0.15, 0.2) is 30.3 Å². The number of nitrogens with one attached hydrogen (secondary N) is 1. The first-order valence-electron chi connectivity index (χ1n) is 9.96. The van der Waals surface area contributed by atoms with Crippen LogP contribution in [0, 0.1) is 19.7 Å². The zero-order valence-electron chi connectivity index (χ0n) is 17.4. The minimum atomic E-state index is -0.519. The van der Waals surface area contributed by atoms with Crippen molar-refractivity contribution >= 4 is 17.5 Å². The molecule has 1 amide bonds. The third kappa shape index (κ3) is 4.73. The number of benzene rings is 2. The molecule has 6 heteroatoms. The third-order valence-corrected chi connectivity index (χ3v) is 6.33. The number of methoxy groups -OCH3 is 1. The van der Waals surface area contributed by atoms with E-state index in [4.69, 9.17) is 16.3 Å². The van der Waals surface area contributed by atoms with Gasteiger partial charge in [-0.1, -0.05) is 17.7 Å². The van der Waals surface area contributed by atoms with E-state index in [1.54, 1.807) is 7.11 Å². The molecule has 1 atom stereocenters. The standard InChI is InChI=1S/C23H28ClFN2O2/c1-14-15(2)22(29-4)8-6-19(14)16(3)27-11-9-18(10-12-27)26-23(28)17-5-7-21(25)20(24)13-17/h5-8,13,16,18H,9-12H2,1-4H3,(H,26,28). The predicted octanol–water partition coefficient (Wildman–Crippen LogP) is 5.06. The molecule has 156 valence electrons. The molecule has 0 radical (unpaired) electrons. The minimum absolute atomic E-state index is 0.0357. The van der Waals surface area contributed by atoms with Crippen molar-refractivity contribution in [2.75, 3.05) is 20.2 Å². The second-order valence-electron chi connectivity index (χ2n) is 7.70. The van der Waals surface area contributed by atoms with Gasteiger partial charge in [-0.15, -0.1) is 0 Å². The Bertz CT molecular complexity index is 895. The van der Waals surface area contributed by atoms with Crippen LogP contribution in [0.25, 0.3) is 0 Å². The van der Waals surface area contributed by atoms with Gasteiger partial charge < -0.3 is 10.1 Å². The second-order valence-corrected chi connectivity index (χ2v) is 8.10. The number of hydrogen-bond donors (Lipinski definition) is 1. The number of halogens is 2. The lowest BCUT2D eigenvalue weighted by Crippen LogP contribution is -2.45. The molecule has 1 N–H and O–H groups in total. The molecular weight excluding hydrogens is 391 g/mol. The van der Waals surface area contributed by atoms with Crippen molar-refractivity contribution in [2.24, 2.45) is 0 Å². The number of carbonyl (C=O) groups is 1. The number of piperidine rings is 1. The molecule has 0 spiro atoms. The van der Waals surface area contributed by atoms with Crippen LogP contribution in [0.4, 0.5) is 4.39 Å². The van der Waals surface area contributed by atoms with Gasteiger partial charge in [0.05, 0.1) is 12.1 Å². The summed E-state index contributed by atoms with van der Waals surface area (Å²) in [5, 5.41) is 3.02. The molecule has 1 aliphatic heterocycles. The molecule has 2 aromatic carbocycles. The van der Waals surface area contributed by atoms with Crippen molar-refractivity contribution in [1.29, 1.82) is 0 Å². The van der Waals surface area contributed by atoms with Gasteiger partial charge in [0.15, 0.2) is 0 Å². The van der Waals surface area contributed by atoms with E-state index >= 15 is 0 Å². The molecule has 1 unspecified atom stereocenters. The van der Waals surface area contributed by atoms with Crippen LogP contribution in [0.3, 0.4) is 0 Å². The van der Waals surface area contributed by atoms with Gasteiger partial charge in [0.25, 0.3) is 5.91 Å². The number of likely N-dealkylation sites (tertiary alicyclic amines) is 1. The Morgan fingerprint density at radius 1 is 1.21 bits per heavy atom. The monoisotopic (exact) mass is 418 g/mol. The Hall–Kier alpha value is -2.11. The fraction of sp³-hybridized carbons (Fsp3) is 0.435. The Morgan fingerprint density at radius 3 is 2.52 bits per heavy atom. The SMILES string of the molecule is COc1ccc(C(C)N2CCC(NC(=O)c3ccc(F)c(Cl)c3)CC2)c(C)c1C. The van der Waals surface area contributed by atoms with Crippen molar-refractivity contribution in [3.05, 3.63) is 63.4 Å². The summed E-state index contributed by atoms with van der Waals surface area (Å²) in [6, 6.07) is 8.65. The first kappa shape index (κ1) is 21.6. The highest BCUT2D eigenvalue weighted by Gasteiger charge is 2.26. The van der Waals surface area contributed by atoms with Crippen LogP contribution in [0.5, 0.6) is 5.75 Å². The van der Waals surface area contributed by atoms with Crippen LogP contribution in [-0.2, 0) is 0 Å². The van der Waals surface area contributed by atoms with E-state index in [-0.39, 0.29) is 17.0 Å². The van der Waals surface area contributed by atoms with E-state index in [1.807, 2.05) is 6.07 Å². The van der Waals surface area contributed by atoms with Crippen molar-refractivity contribution in [2.45, 2.75) is 45.7 Å². The van der Waals surface area contributed by atoms with E-state index in [2.05, 4.69) is 37.1 Å². The highest BCUT2D eigenvalue weighted by atomic mass is 35.5. The normalized spacial score (nSPS) is 16.5. The maximum atomic E-state index is 13.3. The maximum Gasteiger partial charge on any atom is 0.251 e. The Balaban J connectivity index is 1.59. The van der Waals surface area contributed by atoms with Gasteiger partial charge in [-0.3, -0.25) is 9.69 Å². The lowest BCUT2D eigenvalue weighted by atomic mass is 9.94. The fourth-order valence-electron chi connectivity index (χ4n) is 4.02. The highest BCUT2D eigenvalue weighted by molar-refractivity contribution is 6.31. The molecule has 0 bridgehead atoms. The highest BCUT2D eigenvalue weighted by Crippen LogP contribution is 2.32. The number of ether oxygens (including phenoxy) is 1. The first-order chi connectivity index (χ1) is 13.8. The molecule has 2 aromatic rings. The smallest absolute Gasteiger partial charge is 0.251 e. The molecule has 0 aromatic heterocycles. The Kier molecular flexibility index (Phi) is 6.81. The summed E-state index contributed by atoms with van der Waals surface area (Å²) in [5.41, 5.74) is 4.14. The minimum Gasteiger partial charge on any atom is -0.496 e. The molecule has 3 rings (SSSR count). The Labute approximate surface area is 177 Å². The topological polar surface area (TPSA) is 41.6 Å². The molecule has 29 heavy (non-hydrogen) atoms. The Morgan fingerprint density at radius 2 is 1.90 bits per heavy atom. The molecule has 0 saturated carbocycles. The van der Waals surface area contributed by atoms with E-state index in [0.29, 0.717) is 11.6 Å². The number of carbonyl (C=O) groups excluding carboxylic acids is 1. The first-order valence-corrected chi connectivity index (χ1v) is 10.3. The lowest BCUT2D eigenvalue weighted by molar-refractivity contribution is 0.0896. The maximum absolute atomic E-state index is 13.3. The molecular formula is C23H28ClFN2O2. The molecule has 1 aliphatic rings. The average Bonchev–Trinajstić information content (AvgIpc) is 2.72. The van der Waals surface area contributed by atoms with Gasteiger partial charge in [-0.25, -0.2) is 4.39 Å². The van der Waals surface area contributed by atoms with Gasteiger partial charge >= 0.3 is 0 Å². The fourth-order valence-corrected chi connectivity index (χ4v) is 4.20. The summed E-state index contributed by atoms with van der Waals surface area (Å²) >= 11 is 5.79. The van der Waals surface area contributed by atoms with Crippen LogP contribution in [0.1, 0.15) is 52.9 Å².